The van der Waals surface area contributed by atoms with E-state index in [1.807, 2.05) is 109 Å². The van der Waals surface area contributed by atoms with Crippen LogP contribution in [0.25, 0.3) is 79.2 Å². The summed E-state index contributed by atoms with van der Waals surface area (Å²) in [5.41, 5.74) is 12.9. The Kier molecular flexibility index (Phi) is 8.28. The largest absolute Gasteiger partial charge is 0.457 e. The first-order valence-corrected chi connectivity index (χ1v) is 20.8. The van der Waals surface area contributed by atoms with Gasteiger partial charge in [-0.25, -0.2) is 24.9 Å². The van der Waals surface area contributed by atoms with Crippen LogP contribution in [0.1, 0.15) is 22.3 Å². The normalized spacial score (nSPS) is 12.8. The van der Waals surface area contributed by atoms with Gasteiger partial charge in [-0.2, -0.15) is 0 Å². The van der Waals surface area contributed by atoms with Gasteiger partial charge >= 0.3 is 0 Å². The van der Waals surface area contributed by atoms with Gasteiger partial charge in [0.05, 0.1) is 16.8 Å². The summed E-state index contributed by atoms with van der Waals surface area (Å²) in [6.45, 7) is 0. The third-order valence-electron chi connectivity index (χ3n) is 12.0. The molecule has 6 heteroatoms. The number of fused-ring (bicyclic) bond motifs is 9. The highest BCUT2D eigenvalue weighted by Gasteiger charge is 2.52. The van der Waals surface area contributed by atoms with E-state index in [-0.39, 0.29) is 0 Å². The molecule has 3 heterocycles. The zero-order valence-electron chi connectivity index (χ0n) is 33.4. The maximum Gasteiger partial charge on any atom is 0.164 e. The summed E-state index contributed by atoms with van der Waals surface area (Å²) >= 11 is 0. The van der Waals surface area contributed by atoms with Crippen molar-refractivity contribution >= 4 is 0 Å². The van der Waals surface area contributed by atoms with Gasteiger partial charge < -0.3 is 4.74 Å². The monoisotopic (exact) mass is 793 g/mol. The Morgan fingerprint density at radius 2 is 0.645 bits per heavy atom. The summed E-state index contributed by atoms with van der Waals surface area (Å²) in [5, 5.41) is 0. The van der Waals surface area contributed by atoms with Crippen molar-refractivity contribution < 1.29 is 4.74 Å². The molecule has 1 aliphatic carbocycles. The van der Waals surface area contributed by atoms with Crippen LogP contribution in [0.15, 0.2) is 212 Å². The van der Waals surface area contributed by atoms with Crippen LogP contribution in [0.4, 0.5) is 0 Å². The molecule has 0 saturated heterocycles. The van der Waals surface area contributed by atoms with Crippen molar-refractivity contribution in [3.05, 3.63) is 235 Å². The second-order valence-corrected chi connectivity index (χ2v) is 15.5. The zero-order chi connectivity index (χ0) is 41.0. The van der Waals surface area contributed by atoms with Crippen LogP contribution in [-0.4, -0.2) is 24.9 Å². The lowest BCUT2D eigenvalue weighted by Crippen LogP contribution is -2.32. The number of hydrogen-bond acceptors (Lipinski definition) is 6. The number of para-hydroxylation sites is 2. The van der Waals surface area contributed by atoms with E-state index in [9.17, 15) is 0 Å². The SMILES string of the molecule is c1ccc(-c2cc(-c3ccccc3)nc(-c3cccc4c3-c3c(-c5nc(-c6ccccc6)nc(-c6ccccc6)n5)cccc3C43c4ccccc4Oc4ccccc43)n2)cc1. The molecule has 0 saturated carbocycles. The Morgan fingerprint density at radius 3 is 1.10 bits per heavy atom. The van der Waals surface area contributed by atoms with Gasteiger partial charge in [0, 0.05) is 44.5 Å². The Labute approximate surface area is 359 Å². The van der Waals surface area contributed by atoms with Gasteiger partial charge in [-0.05, 0) is 40.5 Å². The van der Waals surface area contributed by atoms with Gasteiger partial charge in [-0.3, -0.25) is 0 Å². The van der Waals surface area contributed by atoms with E-state index in [2.05, 4.69) is 103 Å². The molecular formula is C56H35N5O. The summed E-state index contributed by atoms with van der Waals surface area (Å²) in [4.78, 5) is 26.5. The quantitative estimate of drug-likeness (QED) is 0.167. The van der Waals surface area contributed by atoms with Gasteiger partial charge in [0.1, 0.15) is 11.5 Å². The Hall–Kier alpha value is -8.35. The fourth-order valence-corrected chi connectivity index (χ4v) is 9.37. The molecule has 1 aliphatic heterocycles. The van der Waals surface area contributed by atoms with Crippen molar-refractivity contribution in [2.45, 2.75) is 5.41 Å². The predicted octanol–water partition coefficient (Wildman–Crippen LogP) is 13.1. The molecule has 2 aliphatic rings. The Morgan fingerprint density at radius 1 is 0.290 bits per heavy atom. The molecule has 8 aromatic carbocycles. The van der Waals surface area contributed by atoms with E-state index in [4.69, 9.17) is 29.7 Å². The smallest absolute Gasteiger partial charge is 0.164 e. The third-order valence-corrected chi connectivity index (χ3v) is 12.0. The van der Waals surface area contributed by atoms with Gasteiger partial charge in [-0.1, -0.05) is 194 Å². The van der Waals surface area contributed by atoms with E-state index >= 15 is 0 Å². The van der Waals surface area contributed by atoms with Crippen LogP contribution in [0.3, 0.4) is 0 Å². The summed E-state index contributed by atoms with van der Waals surface area (Å²) in [6, 6.07) is 72.9. The van der Waals surface area contributed by atoms with E-state index in [0.29, 0.717) is 23.3 Å². The van der Waals surface area contributed by atoms with Crippen LogP contribution in [0.5, 0.6) is 11.5 Å². The van der Waals surface area contributed by atoms with E-state index in [1.165, 1.54) is 0 Å². The Balaban J connectivity index is 1.21. The lowest BCUT2D eigenvalue weighted by Gasteiger charge is -2.39. The lowest BCUT2D eigenvalue weighted by molar-refractivity contribution is 0.436. The fraction of sp³-hybridized carbons (Fsp3) is 0.0179. The average molecular weight is 794 g/mol. The molecule has 0 atom stereocenters. The molecular weight excluding hydrogens is 759 g/mol. The minimum atomic E-state index is -0.765. The van der Waals surface area contributed by atoms with Crippen molar-refractivity contribution in [1.82, 2.24) is 24.9 Å². The number of aromatic nitrogens is 5. The van der Waals surface area contributed by atoms with Crippen molar-refractivity contribution in [3.8, 4) is 90.7 Å². The summed E-state index contributed by atoms with van der Waals surface area (Å²) in [5.74, 6) is 4.02. The lowest BCUT2D eigenvalue weighted by atomic mass is 9.66. The second kappa shape index (κ2) is 14.4. The number of rotatable bonds is 6. The first kappa shape index (κ1) is 35.6. The van der Waals surface area contributed by atoms with Gasteiger partial charge in [0.15, 0.2) is 23.3 Å². The predicted molar refractivity (Wildman–Crippen MR) is 245 cm³/mol. The number of benzene rings is 8. The van der Waals surface area contributed by atoms with Crippen LogP contribution < -0.4 is 4.74 Å². The molecule has 10 aromatic rings. The number of nitrogens with zero attached hydrogens (tertiary/aromatic N) is 5. The van der Waals surface area contributed by atoms with Crippen LogP contribution >= 0.6 is 0 Å². The fourth-order valence-electron chi connectivity index (χ4n) is 9.37. The summed E-state index contributed by atoms with van der Waals surface area (Å²) in [6.07, 6.45) is 0. The minimum Gasteiger partial charge on any atom is -0.457 e. The maximum atomic E-state index is 6.73. The van der Waals surface area contributed by atoms with E-state index < -0.39 is 5.41 Å². The Bertz CT molecular complexity index is 2980. The highest BCUT2D eigenvalue weighted by Crippen LogP contribution is 2.64. The first-order chi connectivity index (χ1) is 30.7. The zero-order valence-corrected chi connectivity index (χ0v) is 33.4. The topological polar surface area (TPSA) is 73.7 Å². The molecule has 1 spiro atoms. The maximum absolute atomic E-state index is 6.73. The van der Waals surface area contributed by atoms with E-state index in [0.717, 1.165) is 89.6 Å². The van der Waals surface area contributed by atoms with Crippen molar-refractivity contribution in [2.24, 2.45) is 0 Å². The molecule has 0 unspecified atom stereocenters. The first-order valence-electron chi connectivity index (χ1n) is 20.8. The highest BCUT2D eigenvalue weighted by molar-refractivity contribution is 6.01. The average Bonchev–Trinajstić information content (AvgIpc) is 3.65. The third kappa shape index (κ3) is 5.61. The molecule has 290 valence electrons. The molecule has 0 N–H and O–H groups in total. The summed E-state index contributed by atoms with van der Waals surface area (Å²) < 4.78 is 6.73. The van der Waals surface area contributed by atoms with Gasteiger partial charge in [-0.15, -0.1) is 0 Å². The molecule has 0 amide bonds. The standard InChI is InChI=1S/C56H35N5O/c1-5-19-36(20-6-1)46-35-47(37-21-7-2-8-22-37)58-54(57-46)40-27-17-31-44-50(40)51-41(55-60-52(38-23-9-3-10-24-38)59-53(61-55)39-25-11-4-12-26-39)28-18-32-45(51)56(44)42-29-13-15-33-48(42)62-49-34-16-14-30-43(49)56/h1-35H. The van der Waals surface area contributed by atoms with E-state index in [1.54, 1.807) is 0 Å². The number of hydrogen-bond donors (Lipinski definition) is 0. The van der Waals surface area contributed by atoms with Crippen LogP contribution in [-0.2, 0) is 5.41 Å². The van der Waals surface area contributed by atoms with Crippen molar-refractivity contribution in [1.29, 1.82) is 0 Å². The van der Waals surface area contributed by atoms with Gasteiger partial charge in [0.25, 0.3) is 0 Å². The van der Waals surface area contributed by atoms with Crippen molar-refractivity contribution in [3.63, 3.8) is 0 Å². The molecule has 0 radical (unpaired) electrons. The van der Waals surface area contributed by atoms with Crippen LogP contribution in [0, 0.1) is 0 Å². The molecule has 0 fully saturated rings. The number of ether oxygens (including phenoxy) is 1. The molecule has 2 aromatic heterocycles. The van der Waals surface area contributed by atoms with Crippen LogP contribution in [0.2, 0.25) is 0 Å². The molecule has 12 rings (SSSR count). The molecule has 62 heavy (non-hydrogen) atoms. The molecule has 0 bridgehead atoms. The highest BCUT2D eigenvalue weighted by atomic mass is 16.5. The summed E-state index contributed by atoms with van der Waals surface area (Å²) in [7, 11) is 0. The van der Waals surface area contributed by atoms with Crippen molar-refractivity contribution in [2.75, 3.05) is 0 Å². The minimum absolute atomic E-state index is 0.574. The van der Waals surface area contributed by atoms with Gasteiger partial charge in [0.2, 0.25) is 0 Å². The second-order valence-electron chi connectivity index (χ2n) is 15.5. The molecule has 6 nitrogen and oxygen atoms in total.